The first-order chi connectivity index (χ1) is 11.2. The SMILES string of the molecule is C=C(COc1ccc(C)cc1)N(Cc1cccs1)c1ccn[nH]1. The first-order valence-electron chi connectivity index (χ1n) is 7.39. The van der Waals surface area contributed by atoms with Gasteiger partial charge in [0.05, 0.1) is 18.4 Å². The predicted molar refractivity (Wildman–Crippen MR) is 94.9 cm³/mol. The van der Waals surface area contributed by atoms with Crippen LogP contribution in [0, 0.1) is 6.92 Å². The molecule has 0 saturated carbocycles. The average molecular weight is 325 g/mol. The molecule has 0 saturated heterocycles. The Kier molecular flexibility index (Phi) is 4.78. The molecule has 0 bridgehead atoms. The number of hydrogen-bond acceptors (Lipinski definition) is 4. The van der Waals surface area contributed by atoms with Crippen LogP contribution in [0.15, 0.2) is 66.3 Å². The molecule has 118 valence electrons. The molecule has 0 aliphatic rings. The number of nitrogens with zero attached hydrogens (tertiary/aromatic N) is 2. The van der Waals surface area contributed by atoms with Gasteiger partial charge >= 0.3 is 0 Å². The lowest BCUT2D eigenvalue weighted by Crippen LogP contribution is -2.25. The number of rotatable bonds is 7. The van der Waals surface area contributed by atoms with E-state index >= 15 is 0 Å². The zero-order chi connectivity index (χ0) is 16.1. The van der Waals surface area contributed by atoms with E-state index in [4.69, 9.17) is 4.74 Å². The van der Waals surface area contributed by atoms with Gasteiger partial charge in [0.25, 0.3) is 0 Å². The van der Waals surface area contributed by atoms with Gasteiger partial charge in [0.2, 0.25) is 0 Å². The highest BCUT2D eigenvalue weighted by Gasteiger charge is 2.13. The van der Waals surface area contributed by atoms with E-state index in [1.54, 1.807) is 17.5 Å². The smallest absolute Gasteiger partial charge is 0.128 e. The minimum Gasteiger partial charge on any atom is -0.487 e. The number of thiophene rings is 1. The maximum atomic E-state index is 5.85. The molecule has 2 aromatic heterocycles. The van der Waals surface area contributed by atoms with Crippen molar-refractivity contribution < 1.29 is 4.74 Å². The Balaban J connectivity index is 1.68. The summed E-state index contributed by atoms with van der Waals surface area (Å²) in [5, 5.41) is 9.11. The zero-order valence-corrected chi connectivity index (χ0v) is 13.8. The Labute approximate surface area is 140 Å². The van der Waals surface area contributed by atoms with Crippen LogP contribution in [-0.2, 0) is 6.54 Å². The lowest BCUT2D eigenvalue weighted by atomic mass is 10.2. The largest absolute Gasteiger partial charge is 0.487 e. The van der Waals surface area contributed by atoms with Crippen LogP contribution in [0.25, 0.3) is 0 Å². The first kappa shape index (κ1) is 15.4. The maximum absolute atomic E-state index is 5.85. The maximum Gasteiger partial charge on any atom is 0.128 e. The van der Waals surface area contributed by atoms with Crippen molar-refractivity contribution in [1.82, 2.24) is 10.2 Å². The van der Waals surface area contributed by atoms with Gasteiger partial charge in [-0.25, -0.2) is 0 Å². The van der Waals surface area contributed by atoms with Gasteiger partial charge in [-0.1, -0.05) is 30.3 Å². The van der Waals surface area contributed by atoms with Crippen molar-refractivity contribution in [3.63, 3.8) is 0 Å². The number of aromatic amines is 1. The summed E-state index contributed by atoms with van der Waals surface area (Å²) in [4.78, 5) is 3.35. The van der Waals surface area contributed by atoms with E-state index in [2.05, 4.69) is 46.1 Å². The quantitative estimate of drug-likeness (QED) is 0.701. The molecule has 5 heteroatoms. The summed E-state index contributed by atoms with van der Waals surface area (Å²) >= 11 is 1.72. The molecule has 23 heavy (non-hydrogen) atoms. The van der Waals surface area contributed by atoms with Crippen LogP contribution in [0.5, 0.6) is 5.75 Å². The topological polar surface area (TPSA) is 41.1 Å². The Morgan fingerprint density at radius 1 is 1.26 bits per heavy atom. The van der Waals surface area contributed by atoms with Gasteiger partial charge in [-0.15, -0.1) is 11.3 Å². The Bertz CT molecular complexity index is 733. The second-order valence-corrected chi connectivity index (χ2v) is 6.31. The van der Waals surface area contributed by atoms with Gasteiger partial charge < -0.3 is 9.64 Å². The lowest BCUT2D eigenvalue weighted by Gasteiger charge is -2.24. The van der Waals surface area contributed by atoms with E-state index in [1.807, 2.05) is 30.3 Å². The molecule has 0 atom stereocenters. The molecule has 2 heterocycles. The summed E-state index contributed by atoms with van der Waals surface area (Å²) < 4.78 is 5.85. The normalized spacial score (nSPS) is 10.5. The summed E-state index contributed by atoms with van der Waals surface area (Å²) in [6, 6.07) is 14.1. The monoisotopic (exact) mass is 325 g/mol. The van der Waals surface area contributed by atoms with Crippen molar-refractivity contribution in [3.8, 4) is 5.75 Å². The van der Waals surface area contributed by atoms with E-state index in [-0.39, 0.29) is 0 Å². The lowest BCUT2D eigenvalue weighted by molar-refractivity contribution is 0.348. The second-order valence-electron chi connectivity index (χ2n) is 5.28. The van der Waals surface area contributed by atoms with Crippen LogP contribution in [-0.4, -0.2) is 16.8 Å². The van der Waals surface area contributed by atoms with Crippen molar-refractivity contribution in [2.75, 3.05) is 11.5 Å². The van der Waals surface area contributed by atoms with Crippen LogP contribution in [0.1, 0.15) is 10.4 Å². The van der Waals surface area contributed by atoms with E-state index in [0.717, 1.165) is 23.8 Å². The molecule has 1 N–H and O–H groups in total. The molecule has 0 spiro atoms. The van der Waals surface area contributed by atoms with Crippen LogP contribution < -0.4 is 9.64 Å². The van der Waals surface area contributed by atoms with Gasteiger partial charge in [-0.2, -0.15) is 5.10 Å². The summed E-state index contributed by atoms with van der Waals surface area (Å²) in [6.45, 7) is 7.41. The molecular weight excluding hydrogens is 306 g/mol. The second kappa shape index (κ2) is 7.15. The van der Waals surface area contributed by atoms with Crippen LogP contribution >= 0.6 is 11.3 Å². The average Bonchev–Trinajstić information content (AvgIpc) is 3.25. The number of ether oxygens (including phenoxy) is 1. The molecule has 0 radical (unpaired) electrons. The fraction of sp³-hybridized carbons (Fsp3) is 0.167. The van der Waals surface area contributed by atoms with E-state index in [0.29, 0.717) is 6.61 Å². The summed E-state index contributed by atoms with van der Waals surface area (Å²) in [6.07, 6.45) is 1.74. The molecule has 3 rings (SSSR count). The Hall–Kier alpha value is -2.53. The molecular formula is C18H19N3OS. The third-order valence-electron chi connectivity index (χ3n) is 3.48. The number of aromatic nitrogens is 2. The van der Waals surface area contributed by atoms with Gasteiger partial charge in [-0.05, 0) is 30.5 Å². The van der Waals surface area contributed by atoms with Crippen LogP contribution in [0.3, 0.4) is 0 Å². The number of H-pyrrole nitrogens is 1. The third kappa shape index (κ3) is 4.02. The van der Waals surface area contributed by atoms with Crippen molar-refractivity contribution in [2.45, 2.75) is 13.5 Å². The summed E-state index contributed by atoms with van der Waals surface area (Å²) in [7, 11) is 0. The molecule has 3 aromatic rings. The van der Waals surface area contributed by atoms with Crippen LogP contribution in [0.2, 0.25) is 0 Å². The fourth-order valence-electron chi connectivity index (χ4n) is 2.20. The standard InChI is InChI=1S/C18H19N3OS/c1-14-5-7-16(8-6-14)22-13-15(2)21(18-9-10-19-20-18)12-17-4-3-11-23-17/h3-11H,2,12-13H2,1H3,(H,19,20). The molecule has 0 unspecified atom stereocenters. The fourth-order valence-corrected chi connectivity index (χ4v) is 2.90. The minimum absolute atomic E-state index is 0.424. The van der Waals surface area contributed by atoms with Crippen molar-refractivity contribution in [2.24, 2.45) is 0 Å². The van der Waals surface area contributed by atoms with Crippen LogP contribution in [0.4, 0.5) is 5.82 Å². The highest BCUT2D eigenvalue weighted by molar-refractivity contribution is 7.09. The number of benzene rings is 1. The summed E-state index contributed by atoms with van der Waals surface area (Å²) in [5.74, 6) is 1.76. The Morgan fingerprint density at radius 3 is 2.74 bits per heavy atom. The molecule has 0 fully saturated rings. The predicted octanol–water partition coefficient (Wildman–Crippen LogP) is 4.38. The van der Waals surface area contributed by atoms with E-state index < -0.39 is 0 Å². The van der Waals surface area contributed by atoms with Crippen molar-refractivity contribution in [3.05, 3.63) is 76.8 Å². The minimum atomic E-state index is 0.424. The molecule has 0 amide bonds. The molecule has 0 aliphatic heterocycles. The number of aryl methyl sites for hydroxylation is 1. The van der Waals surface area contributed by atoms with E-state index in [9.17, 15) is 0 Å². The van der Waals surface area contributed by atoms with Gasteiger partial charge in [0.15, 0.2) is 0 Å². The van der Waals surface area contributed by atoms with Crippen molar-refractivity contribution >= 4 is 17.2 Å². The number of anilines is 1. The van der Waals surface area contributed by atoms with Gasteiger partial charge in [-0.3, -0.25) is 5.10 Å². The van der Waals surface area contributed by atoms with E-state index in [1.165, 1.54) is 10.4 Å². The van der Waals surface area contributed by atoms with Gasteiger partial charge in [0, 0.05) is 10.9 Å². The summed E-state index contributed by atoms with van der Waals surface area (Å²) in [5.41, 5.74) is 2.09. The highest BCUT2D eigenvalue weighted by Crippen LogP contribution is 2.22. The highest BCUT2D eigenvalue weighted by atomic mass is 32.1. The zero-order valence-electron chi connectivity index (χ0n) is 13.0. The molecule has 0 aliphatic carbocycles. The number of hydrogen-bond donors (Lipinski definition) is 1. The third-order valence-corrected chi connectivity index (χ3v) is 4.34. The van der Waals surface area contributed by atoms with Crippen molar-refractivity contribution in [1.29, 1.82) is 0 Å². The Morgan fingerprint density at radius 2 is 2.09 bits per heavy atom. The number of nitrogens with one attached hydrogen (secondary N) is 1. The van der Waals surface area contributed by atoms with Gasteiger partial charge in [0.1, 0.15) is 18.2 Å². The molecule has 1 aromatic carbocycles. The first-order valence-corrected chi connectivity index (χ1v) is 8.27. The molecule has 4 nitrogen and oxygen atoms in total.